The van der Waals surface area contributed by atoms with Crippen LogP contribution in [0.5, 0.6) is 0 Å². The van der Waals surface area contributed by atoms with Crippen molar-refractivity contribution in [2.24, 2.45) is 5.41 Å². The first-order valence-corrected chi connectivity index (χ1v) is 13.2. The minimum Gasteiger partial charge on any atom is -0.368 e. The fourth-order valence-electron chi connectivity index (χ4n) is 4.85. The molecule has 4 rings (SSSR count). The summed E-state index contributed by atoms with van der Waals surface area (Å²) in [6.07, 6.45) is 1.36. The molecule has 198 valence electrons. The van der Waals surface area contributed by atoms with Gasteiger partial charge in [-0.1, -0.05) is 39.0 Å². The predicted octanol–water partition coefficient (Wildman–Crippen LogP) is 3.46. The fraction of sp³-hybridized carbons (Fsp3) is 0.483. The molecular formula is C29H39N5O3. The normalized spacial score (nSPS) is 16.8. The number of rotatable bonds is 5. The zero-order valence-electron chi connectivity index (χ0n) is 22.3. The van der Waals surface area contributed by atoms with Crippen molar-refractivity contribution in [2.75, 3.05) is 62.6 Å². The van der Waals surface area contributed by atoms with E-state index in [1.165, 1.54) is 0 Å². The molecule has 37 heavy (non-hydrogen) atoms. The van der Waals surface area contributed by atoms with Crippen LogP contribution in [-0.4, -0.2) is 79.9 Å². The van der Waals surface area contributed by atoms with E-state index in [2.05, 4.69) is 36.3 Å². The van der Waals surface area contributed by atoms with Crippen molar-refractivity contribution in [2.45, 2.75) is 33.6 Å². The van der Waals surface area contributed by atoms with E-state index in [1.807, 2.05) is 40.1 Å². The first kappa shape index (κ1) is 26.7. The number of carbonyl (C=O) groups is 3. The molecule has 2 fully saturated rings. The minimum atomic E-state index is -0.217. The van der Waals surface area contributed by atoms with Gasteiger partial charge in [0.1, 0.15) is 0 Å². The molecule has 0 atom stereocenters. The van der Waals surface area contributed by atoms with Gasteiger partial charge in [-0.15, -0.1) is 0 Å². The predicted molar refractivity (Wildman–Crippen MR) is 147 cm³/mol. The molecule has 2 saturated heterocycles. The second-order valence-electron chi connectivity index (χ2n) is 11.1. The SMILES string of the molecule is CC(C)(C)CC(=O)N1CCCN(c2ccc(C(=O)N3CCNCC3)cc2NC(=O)c2ccccc2)CC1. The smallest absolute Gasteiger partial charge is 0.255 e. The van der Waals surface area contributed by atoms with Crippen LogP contribution in [0.1, 0.15) is 54.3 Å². The van der Waals surface area contributed by atoms with Crippen molar-refractivity contribution in [3.05, 3.63) is 59.7 Å². The topological polar surface area (TPSA) is 85.0 Å². The first-order chi connectivity index (χ1) is 17.7. The minimum absolute atomic E-state index is 0.0296. The van der Waals surface area contributed by atoms with E-state index in [9.17, 15) is 14.4 Å². The van der Waals surface area contributed by atoms with E-state index in [0.717, 1.165) is 38.3 Å². The Morgan fingerprint density at radius 2 is 1.57 bits per heavy atom. The molecule has 0 aromatic heterocycles. The fourth-order valence-corrected chi connectivity index (χ4v) is 4.85. The molecule has 0 saturated carbocycles. The summed E-state index contributed by atoms with van der Waals surface area (Å²) in [6.45, 7) is 11.9. The van der Waals surface area contributed by atoms with Crippen LogP contribution >= 0.6 is 0 Å². The van der Waals surface area contributed by atoms with Crippen LogP contribution in [0.3, 0.4) is 0 Å². The van der Waals surface area contributed by atoms with Gasteiger partial charge in [-0.05, 0) is 42.2 Å². The van der Waals surface area contributed by atoms with E-state index in [-0.39, 0.29) is 23.1 Å². The average Bonchev–Trinajstić information content (AvgIpc) is 3.15. The standard InChI is InChI=1S/C29H39N5O3/c1-29(2,3)21-26(35)33-15-7-14-32(18-19-33)25-11-10-23(28(37)34-16-12-30-13-17-34)20-24(25)31-27(36)22-8-5-4-6-9-22/h4-6,8-11,20,30H,7,12-19,21H2,1-3H3,(H,31,36). The molecule has 2 aliphatic rings. The van der Waals surface area contributed by atoms with E-state index in [0.29, 0.717) is 49.4 Å². The quantitative estimate of drug-likeness (QED) is 0.650. The molecule has 2 aromatic carbocycles. The lowest BCUT2D eigenvalue weighted by Gasteiger charge is -2.29. The van der Waals surface area contributed by atoms with Crippen molar-refractivity contribution < 1.29 is 14.4 Å². The summed E-state index contributed by atoms with van der Waals surface area (Å²) >= 11 is 0. The van der Waals surface area contributed by atoms with Crippen LogP contribution in [0.4, 0.5) is 11.4 Å². The van der Waals surface area contributed by atoms with Crippen LogP contribution in [0.2, 0.25) is 0 Å². The third-order valence-electron chi connectivity index (χ3n) is 6.80. The van der Waals surface area contributed by atoms with Gasteiger partial charge >= 0.3 is 0 Å². The Hall–Kier alpha value is -3.39. The summed E-state index contributed by atoms with van der Waals surface area (Å²) < 4.78 is 0. The lowest BCUT2D eigenvalue weighted by Crippen LogP contribution is -2.46. The highest BCUT2D eigenvalue weighted by molar-refractivity contribution is 6.07. The van der Waals surface area contributed by atoms with Crippen molar-refractivity contribution in [1.29, 1.82) is 0 Å². The first-order valence-electron chi connectivity index (χ1n) is 13.2. The van der Waals surface area contributed by atoms with Gasteiger partial charge < -0.3 is 25.3 Å². The Morgan fingerprint density at radius 1 is 0.838 bits per heavy atom. The van der Waals surface area contributed by atoms with Crippen molar-refractivity contribution >= 4 is 29.1 Å². The maximum atomic E-state index is 13.2. The maximum Gasteiger partial charge on any atom is 0.255 e. The molecule has 0 bridgehead atoms. The molecule has 0 aliphatic carbocycles. The van der Waals surface area contributed by atoms with Gasteiger partial charge in [0, 0.05) is 69.9 Å². The number of carbonyl (C=O) groups excluding carboxylic acids is 3. The number of amides is 3. The zero-order valence-corrected chi connectivity index (χ0v) is 22.3. The zero-order chi connectivity index (χ0) is 26.4. The highest BCUT2D eigenvalue weighted by Crippen LogP contribution is 2.30. The lowest BCUT2D eigenvalue weighted by molar-refractivity contribution is -0.132. The number of nitrogens with one attached hydrogen (secondary N) is 2. The van der Waals surface area contributed by atoms with Crippen LogP contribution < -0.4 is 15.5 Å². The van der Waals surface area contributed by atoms with Crippen LogP contribution in [0, 0.1) is 5.41 Å². The molecular weight excluding hydrogens is 466 g/mol. The summed E-state index contributed by atoms with van der Waals surface area (Å²) in [4.78, 5) is 45.2. The van der Waals surface area contributed by atoms with Gasteiger partial charge in [-0.25, -0.2) is 0 Å². The molecule has 0 spiro atoms. The van der Waals surface area contributed by atoms with Gasteiger partial charge in [-0.3, -0.25) is 14.4 Å². The number of benzene rings is 2. The lowest BCUT2D eigenvalue weighted by atomic mass is 9.91. The van der Waals surface area contributed by atoms with Crippen LogP contribution in [0.25, 0.3) is 0 Å². The van der Waals surface area contributed by atoms with Crippen molar-refractivity contribution in [1.82, 2.24) is 15.1 Å². The number of nitrogens with zero attached hydrogens (tertiary/aromatic N) is 3. The molecule has 2 aliphatic heterocycles. The molecule has 8 heteroatoms. The molecule has 3 amide bonds. The molecule has 8 nitrogen and oxygen atoms in total. The van der Waals surface area contributed by atoms with E-state index >= 15 is 0 Å². The van der Waals surface area contributed by atoms with E-state index in [4.69, 9.17) is 0 Å². The maximum absolute atomic E-state index is 13.2. The Labute approximate surface area is 220 Å². The molecule has 2 heterocycles. The second kappa shape index (κ2) is 11.8. The summed E-state index contributed by atoms with van der Waals surface area (Å²) in [7, 11) is 0. The molecule has 0 unspecified atom stereocenters. The van der Waals surface area contributed by atoms with Gasteiger partial charge in [0.25, 0.3) is 11.8 Å². The van der Waals surface area contributed by atoms with E-state index < -0.39 is 0 Å². The van der Waals surface area contributed by atoms with Gasteiger partial charge in [0.2, 0.25) is 5.91 Å². The number of hydrogen-bond donors (Lipinski definition) is 2. The summed E-state index contributed by atoms with van der Waals surface area (Å²) in [6, 6.07) is 14.7. The Morgan fingerprint density at radius 3 is 2.27 bits per heavy atom. The second-order valence-corrected chi connectivity index (χ2v) is 11.1. The summed E-state index contributed by atoms with van der Waals surface area (Å²) in [5.41, 5.74) is 2.55. The monoisotopic (exact) mass is 505 g/mol. The van der Waals surface area contributed by atoms with E-state index in [1.54, 1.807) is 18.2 Å². The molecule has 2 N–H and O–H groups in total. The summed E-state index contributed by atoms with van der Waals surface area (Å²) in [5, 5.41) is 6.34. The molecule has 0 radical (unpaired) electrons. The average molecular weight is 506 g/mol. The third kappa shape index (κ3) is 7.10. The van der Waals surface area contributed by atoms with Crippen LogP contribution in [0.15, 0.2) is 48.5 Å². The largest absolute Gasteiger partial charge is 0.368 e. The van der Waals surface area contributed by atoms with Crippen molar-refractivity contribution in [3.8, 4) is 0 Å². The Balaban J connectivity index is 1.57. The highest BCUT2D eigenvalue weighted by atomic mass is 16.2. The van der Waals surface area contributed by atoms with Gasteiger partial charge in [-0.2, -0.15) is 0 Å². The Kier molecular flexibility index (Phi) is 8.48. The Bertz CT molecular complexity index is 1110. The van der Waals surface area contributed by atoms with Gasteiger partial charge in [0.15, 0.2) is 0 Å². The number of hydrogen-bond acceptors (Lipinski definition) is 5. The molecule has 2 aromatic rings. The number of piperazine rings is 1. The van der Waals surface area contributed by atoms with Crippen molar-refractivity contribution in [3.63, 3.8) is 0 Å². The number of anilines is 2. The van der Waals surface area contributed by atoms with Gasteiger partial charge in [0.05, 0.1) is 11.4 Å². The van der Waals surface area contributed by atoms with Crippen LogP contribution in [-0.2, 0) is 4.79 Å². The third-order valence-corrected chi connectivity index (χ3v) is 6.80. The summed E-state index contributed by atoms with van der Waals surface area (Å²) in [5.74, 6) is -0.0626. The highest BCUT2D eigenvalue weighted by Gasteiger charge is 2.26.